The second-order valence-electron chi connectivity index (χ2n) is 3.80. The van der Waals surface area contributed by atoms with E-state index >= 15 is 0 Å². The number of ether oxygens (including phenoxy) is 1. The summed E-state index contributed by atoms with van der Waals surface area (Å²) in [5.74, 6) is -0.301. The van der Waals surface area contributed by atoms with Gasteiger partial charge >= 0.3 is 0 Å². The van der Waals surface area contributed by atoms with E-state index in [4.69, 9.17) is 10.5 Å². The molecular weight excluding hydrogens is 195 g/mol. The number of anilines is 2. The molecule has 1 aliphatic heterocycles. The lowest BCUT2D eigenvalue weighted by molar-refractivity contribution is 0.0904. The molecule has 0 radical (unpaired) electrons. The molecule has 0 saturated carbocycles. The molecule has 3 nitrogen and oxygen atoms in total. The smallest absolute Gasteiger partial charge is 0.127 e. The Morgan fingerprint density at radius 3 is 2.67 bits per heavy atom. The summed E-state index contributed by atoms with van der Waals surface area (Å²) in [5.41, 5.74) is 6.76. The van der Waals surface area contributed by atoms with Crippen LogP contribution in [-0.4, -0.2) is 19.3 Å². The summed E-state index contributed by atoms with van der Waals surface area (Å²) < 4.78 is 18.3. The van der Waals surface area contributed by atoms with Crippen LogP contribution in [0.5, 0.6) is 0 Å². The monoisotopic (exact) mass is 210 g/mol. The molecule has 0 bridgehead atoms. The lowest BCUT2D eigenvalue weighted by Gasteiger charge is -2.24. The lowest BCUT2D eigenvalue weighted by Crippen LogP contribution is -2.27. The summed E-state index contributed by atoms with van der Waals surface area (Å²) in [6.45, 7) is 1.53. The predicted octanol–water partition coefficient (Wildman–Crippen LogP) is 2.00. The van der Waals surface area contributed by atoms with Gasteiger partial charge in [-0.1, -0.05) is 0 Å². The van der Waals surface area contributed by atoms with Crippen LogP contribution in [0.4, 0.5) is 15.8 Å². The van der Waals surface area contributed by atoms with Gasteiger partial charge in [-0.3, -0.25) is 0 Å². The molecule has 1 aliphatic rings. The normalized spacial score (nSPS) is 17.7. The molecule has 1 fully saturated rings. The van der Waals surface area contributed by atoms with E-state index in [1.165, 1.54) is 12.1 Å². The van der Waals surface area contributed by atoms with E-state index in [0.717, 1.165) is 31.7 Å². The van der Waals surface area contributed by atoms with Crippen molar-refractivity contribution in [3.8, 4) is 0 Å². The van der Waals surface area contributed by atoms with Crippen LogP contribution in [-0.2, 0) is 4.74 Å². The average Bonchev–Trinajstić information content (AvgIpc) is 2.17. The first kappa shape index (κ1) is 10.2. The van der Waals surface area contributed by atoms with Crippen LogP contribution >= 0.6 is 0 Å². The fraction of sp³-hybridized carbons (Fsp3) is 0.455. The van der Waals surface area contributed by atoms with Gasteiger partial charge in [-0.05, 0) is 31.0 Å². The van der Waals surface area contributed by atoms with E-state index in [9.17, 15) is 4.39 Å². The van der Waals surface area contributed by atoms with Gasteiger partial charge < -0.3 is 15.8 Å². The zero-order chi connectivity index (χ0) is 10.7. The van der Waals surface area contributed by atoms with Crippen LogP contribution in [0.25, 0.3) is 0 Å². The standard InChI is InChI=1S/C11H15FN2O/c12-8-5-9(13)7-11(6-8)14-10-1-3-15-4-2-10/h5-7,10,14H,1-4,13H2. The maximum Gasteiger partial charge on any atom is 0.127 e. The first-order chi connectivity index (χ1) is 7.24. The van der Waals surface area contributed by atoms with Crippen molar-refractivity contribution in [2.45, 2.75) is 18.9 Å². The van der Waals surface area contributed by atoms with Crippen LogP contribution in [0.1, 0.15) is 12.8 Å². The van der Waals surface area contributed by atoms with Gasteiger partial charge in [0.2, 0.25) is 0 Å². The van der Waals surface area contributed by atoms with E-state index in [1.807, 2.05) is 0 Å². The largest absolute Gasteiger partial charge is 0.399 e. The number of nitrogens with two attached hydrogens (primary N) is 1. The minimum Gasteiger partial charge on any atom is -0.399 e. The molecule has 82 valence electrons. The molecule has 15 heavy (non-hydrogen) atoms. The highest BCUT2D eigenvalue weighted by Crippen LogP contribution is 2.19. The summed E-state index contributed by atoms with van der Waals surface area (Å²) >= 11 is 0. The predicted molar refractivity (Wildman–Crippen MR) is 58.3 cm³/mol. The Labute approximate surface area is 88.4 Å². The topological polar surface area (TPSA) is 47.3 Å². The van der Waals surface area contributed by atoms with E-state index in [2.05, 4.69) is 5.32 Å². The van der Waals surface area contributed by atoms with Gasteiger partial charge in [0.25, 0.3) is 0 Å². The van der Waals surface area contributed by atoms with Gasteiger partial charge in [-0.15, -0.1) is 0 Å². The van der Waals surface area contributed by atoms with E-state index in [-0.39, 0.29) is 5.82 Å². The number of halogens is 1. The number of hydrogen-bond donors (Lipinski definition) is 2. The molecule has 0 atom stereocenters. The van der Waals surface area contributed by atoms with Gasteiger partial charge in [0.15, 0.2) is 0 Å². The van der Waals surface area contributed by atoms with Crippen LogP contribution in [0, 0.1) is 5.82 Å². The van der Waals surface area contributed by atoms with Gasteiger partial charge in [-0.2, -0.15) is 0 Å². The highest BCUT2D eigenvalue weighted by molar-refractivity contribution is 5.55. The van der Waals surface area contributed by atoms with Crippen LogP contribution in [0.3, 0.4) is 0 Å². The summed E-state index contributed by atoms with van der Waals surface area (Å²) in [7, 11) is 0. The lowest BCUT2D eigenvalue weighted by atomic mass is 10.1. The van der Waals surface area contributed by atoms with Gasteiger partial charge in [0.1, 0.15) is 5.82 Å². The van der Waals surface area contributed by atoms with Gasteiger partial charge in [-0.25, -0.2) is 4.39 Å². The van der Waals surface area contributed by atoms with Gasteiger partial charge in [0, 0.05) is 30.6 Å². The minimum absolute atomic E-state index is 0.301. The zero-order valence-electron chi connectivity index (χ0n) is 8.50. The molecule has 0 spiro atoms. The molecule has 1 aromatic carbocycles. The Kier molecular flexibility index (Phi) is 3.06. The van der Waals surface area contributed by atoms with Crippen LogP contribution < -0.4 is 11.1 Å². The summed E-state index contributed by atoms with van der Waals surface area (Å²) in [4.78, 5) is 0. The second-order valence-corrected chi connectivity index (χ2v) is 3.80. The SMILES string of the molecule is Nc1cc(F)cc(NC2CCOCC2)c1. The van der Waals surface area contributed by atoms with Crippen molar-refractivity contribution in [2.24, 2.45) is 0 Å². The molecule has 4 heteroatoms. The Bertz CT molecular complexity index is 317. The van der Waals surface area contributed by atoms with Gasteiger partial charge in [0.05, 0.1) is 0 Å². The van der Waals surface area contributed by atoms with Crippen LogP contribution in [0.2, 0.25) is 0 Å². The highest BCUT2D eigenvalue weighted by atomic mass is 19.1. The first-order valence-electron chi connectivity index (χ1n) is 5.14. The number of hydrogen-bond acceptors (Lipinski definition) is 3. The van der Waals surface area contributed by atoms with Crippen molar-refractivity contribution in [2.75, 3.05) is 24.3 Å². The Balaban J connectivity index is 2.02. The third kappa shape index (κ3) is 2.83. The number of nitrogen functional groups attached to an aromatic ring is 1. The summed E-state index contributed by atoms with van der Waals surface area (Å²) in [6.07, 6.45) is 1.91. The average molecular weight is 210 g/mol. The third-order valence-corrected chi connectivity index (χ3v) is 2.51. The maximum atomic E-state index is 13.0. The fourth-order valence-corrected chi connectivity index (χ4v) is 1.77. The number of nitrogens with one attached hydrogen (secondary N) is 1. The molecule has 1 heterocycles. The summed E-state index contributed by atoms with van der Waals surface area (Å²) in [6, 6.07) is 4.89. The van der Waals surface area contributed by atoms with Crippen molar-refractivity contribution in [3.05, 3.63) is 24.0 Å². The molecule has 2 rings (SSSR count). The van der Waals surface area contributed by atoms with Crippen molar-refractivity contribution >= 4 is 11.4 Å². The molecule has 0 aromatic heterocycles. The third-order valence-electron chi connectivity index (χ3n) is 2.51. The van der Waals surface area contributed by atoms with E-state index in [0.29, 0.717) is 11.7 Å². The molecule has 0 unspecified atom stereocenters. The van der Waals surface area contributed by atoms with Crippen molar-refractivity contribution in [3.63, 3.8) is 0 Å². The minimum atomic E-state index is -0.301. The molecule has 1 aromatic rings. The zero-order valence-corrected chi connectivity index (χ0v) is 8.50. The van der Waals surface area contributed by atoms with Crippen molar-refractivity contribution in [1.82, 2.24) is 0 Å². The highest BCUT2D eigenvalue weighted by Gasteiger charge is 2.13. The fourth-order valence-electron chi connectivity index (χ4n) is 1.77. The quantitative estimate of drug-likeness (QED) is 0.734. The summed E-state index contributed by atoms with van der Waals surface area (Å²) in [5, 5.41) is 3.26. The molecule has 3 N–H and O–H groups in total. The Morgan fingerprint density at radius 1 is 1.27 bits per heavy atom. The molecule has 0 amide bonds. The van der Waals surface area contributed by atoms with E-state index < -0.39 is 0 Å². The molecular formula is C11H15FN2O. The maximum absolute atomic E-state index is 13.0. The number of rotatable bonds is 2. The Morgan fingerprint density at radius 2 is 2.00 bits per heavy atom. The molecule has 1 saturated heterocycles. The van der Waals surface area contributed by atoms with Crippen molar-refractivity contribution in [1.29, 1.82) is 0 Å². The molecule has 0 aliphatic carbocycles. The number of benzene rings is 1. The van der Waals surface area contributed by atoms with E-state index in [1.54, 1.807) is 6.07 Å². The second kappa shape index (κ2) is 4.49. The Hall–Kier alpha value is -1.29. The van der Waals surface area contributed by atoms with Crippen LogP contribution in [0.15, 0.2) is 18.2 Å². The van der Waals surface area contributed by atoms with Crippen molar-refractivity contribution < 1.29 is 9.13 Å². The first-order valence-corrected chi connectivity index (χ1v) is 5.14.